The van der Waals surface area contributed by atoms with Gasteiger partial charge in [-0.15, -0.1) is 0 Å². The summed E-state index contributed by atoms with van der Waals surface area (Å²) in [5.41, 5.74) is -1.99. The highest BCUT2D eigenvalue weighted by Crippen LogP contribution is 2.29. The number of hydrogen-bond donors (Lipinski definition) is 2. The zero-order valence-electron chi connectivity index (χ0n) is 9.89. The Morgan fingerprint density at radius 1 is 1.44 bits per heavy atom. The Kier molecular flexibility index (Phi) is 3.70. The lowest BCUT2D eigenvalue weighted by Gasteiger charge is -2.21. The number of anilines is 1. The fourth-order valence-corrected chi connectivity index (χ4v) is 1.36. The second-order valence-electron chi connectivity index (χ2n) is 4.48. The number of rotatable bonds is 3. The molecule has 0 saturated carbocycles. The van der Waals surface area contributed by atoms with Gasteiger partial charge in [0.05, 0.1) is 4.92 Å². The van der Waals surface area contributed by atoms with Crippen LogP contribution in [0.15, 0.2) is 0 Å². The third-order valence-electron chi connectivity index (χ3n) is 1.74. The molecule has 2 N–H and O–H groups in total. The average Bonchev–Trinajstić information content (AvgIpc) is 2.12. The number of carboxylic acid groups (broad SMARTS) is 1. The fraction of sp³-hybridized carbons (Fsp3) is 0.444. The molecule has 0 aliphatic rings. The zero-order valence-corrected chi connectivity index (χ0v) is 10.6. The Bertz CT molecular complexity index is 512. The predicted molar refractivity (Wildman–Crippen MR) is 64.0 cm³/mol. The van der Waals surface area contributed by atoms with Crippen LogP contribution in [0, 0.1) is 10.1 Å². The number of nitrogens with zero attached hydrogens (tertiary/aromatic N) is 3. The number of halogens is 1. The molecule has 0 fully saturated rings. The van der Waals surface area contributed by atoms with Gasteiger partial charge >= 0.3 is 11.7 Å². The second-order valence-corrected chi connectivity index (χ2v) is 4.81. The monoisotopic (exact) mass is 274 g/mol. The van der Waals surface area contributed by atoms with Crippen molar-refractivity contribution in [2.24, 2.45) is 0 Å². The second kappa shape index (κ2) is 4.73. The first-order chi connectivity index (χ1) is 8.11. The highest BCUT2D eigenvalue weighted by molar-refractivity contribution is 6.28. The molecule has 0 aromatic carbocycles. The minimum absolute atomic E-state index is 0.218. The van der Waals surface area contributed by atoms with E-state index in [1.54, 1.807) is 20.8 Å². The van der Waals surface area contributed by atoms with Crippen molar-refractivity contribution in [1.82, 2.24) is 9.97 Å². The molecule has 0 saturated heterocycles. The van der Waals surface area contributed by atoms with Crippen molar-refractivity contribution < 1.29 is 14.8 Å². The molecular weight excluding hydrogens is 264 g/mol. The minimum Gasteiger partial charge on any atom is -0.476 e. The van der Waals surface area contributed by atoms with Crippen LogP contribution in [-0.2, 0) is 0 Å². The zero-order chi connectivity index (χ0) is 14.1. The first-order valence-electron chi connectivity index (χ1n) is 4.85. The van der Waals surface area contributed by atoms with E-state index in [1.165, 1.54) is 0 Å². The van der Waals surface area contributed by atoms with Gasteiger partial charge < -0.3 is 10.4 Å². The van der Waals surface area contributed by atoms with E-state index in [0.717, 1.165) is 0 Å². The highest BCUT2D eigenvalue weighted by atomic mass is 35.5. The van der Waals surface area contributed by atoms with Crippen LogP contribution in [0.1, 0.15) is 31.3 Å². The summed E-state index contributed by atoms with van der Waals surface area (Å²) in [5.74, 6) is -1.76. The van der Waals surface area contributed by atoms with Crippen LogP contribution in [-0.4, -0.2) is 31.5 Å². The molecule has 0 spiro atoms. The number of carbonyl (C=O) groups is 1. The Balaban J connectivity index is 3.49. The number of nitrogens with one attached hydrogen (secondary N) is 1. The topological polar surface area (TPSA) is 118 Å². The van der Waals surface area contributed by atoms with Gasteiger partial charge in [0, 0.05) is 5.54 Å². The maximum absolute atomic E-state index is 10.9. The number of carboxylic acids is 1. The lowest BCUT2D eigenvalue weighted by molar-refractivity contribution is -0.384. The molecule has 1 rings (SSSR count). The predicted octanol–water partition coefficient (Wildman–Crippen LogP) is 1.95. The van der Waals surface area contributed by atoms with Gasteiger partial charge in [0.2, 0.25) is 16.8 Å². The summed E-state index contributed by atoms with van der Waals surface area (Å²) >= 11 is 5.55. The van der Waals surface area contributed by atoms with Gasteiger partial charge in [0.25, 0.3) is 0 Å². The van der Waals surface area contributed by atoms with E-state index < -0.39 is 27.8 Å². The number of aromatic nitrogens is 2. The van der Waals surface area contributed by atoms with Crippen LogP contribution < -0.4 is 5.32 Å². The lowest BCUT2D eigenvalue weighted by atomic mass is 10.1. The summed E-state index contributed by atoms with van der Waals surface area (Å²) < 4.78 is 0. The largest absolute Gasteiger partial charge is 0.476 e. The molecule has 0 aliphatic heterocycles. The molecule has 1 aromatic heterocycles. The van der Waals surface area contributed by atoms with Gasteiger partial charge in [0.15, 0.2) is 0 Å². The molecule has 0 amide bonds. The van der Waals surface area contributed by atoms with Crippen molar-refractivity contribution in [2.75, 3.05) is 5.32 Å². The standard InChI is InChI=1S/C9H11ClN4O4/c1-9(2,3)13-6-5(14(17)18)4(7(15)16)11-8(10)12-6/h1-3H3,(H,15,16)(H,11,12,13). The molecule has 0 radical (unpaired) electrons. The van der Waals surface area contributed by atoms with Gasteiger partial charge in [-0.2, -0.15) is 4.98 Å². The van der Waals surface area contributed by atoms with Crippen molar-refractivity contribution in [2.45, 2.75) is 26.3 Å². The summed E-state index contributed by atoms with van der Waals surface area (Å²) in [7, 11) is 0. The average molecular weight is 275 g/mol. The van der Waals surface area contributed by atoms with Crippen molar-refractivity contribution in [3.05, 3.63) is 21.1 Å². The highest BCUT2D eigenvalue weighted by Gasteiger charge is 2.30. The van der Waals surface area contributed by atoms with Crippen LogP contribution in [0.25, 0.3) is 0 Å². The van der Waals surface area contributed by atoms with Crippen molar-refractivity contribution >= 4 is 29.1 Å². The Labute approximate surface area is 107 Å². The quantitative estimate of drug-likeness (QED) is 0.491. The summed E-state index contributed by atoms with van der Waals surface area (Å²) in [6.07, 6.45) is 0. The van der Waals surface area contributed by atoms with Crippen molar-refractivity contribution in [1.29, 1.82) is 0 Å². The number of nitro groups is 1. The van der Waals surface area contributed by atoms with Crippen LogP contribution in [0.4, 0.5) is 11.5 Å². The third-order valence-corrected chi connectivity index (χ3v) is 1.90. The third kappa shape index (κ3) is 3.27. The van der Waals surface area contributed by atoms with E-state index in [2.05, 4.69) is 15.3 Å². The van der Waals surface area contributed by atoms with E-state index in [1.807, 2.05) is 0 Å². The smallest absolute Gasteiger partial charge is 0.362 e. The normalized spacial score (nSPS) is 11.1. The van der Waals surface area contributed by atoms with Crippen LogP contribution in [0.5, 0.6) is 0 Å². The maximum Gasteiger partial charge on any atom is 0.362 e. The molecular formula is C9H11ClN4O4. The van der Waals surface area contributed by atoms with Crippen LogP contribution in [0.3, 0.4) is 0 Å². The first kappa shape index (κ1) is 14.1. The summed E-state index contributed by atoms with van der Waals surface area (Å²) in [6.45, 7) is 5.23. The van der Waals surface area contributed by atoms with Crippen LogP contribution >= 0.6 is 11.6 Å². The molecule has 1 heterocycles. The van der Waals surface area contributed by atoms with Gasteiger partial charge in [-0.1, -0.05) is 0 Å². The van der Waals surface area contributed by atoms with Gasteiger partial charge in [-0.05, 0) is 32.4 Å². The molecule has 0 unspecified atom stereocenters. The molecule has 0 bridgehead atoms. The molecule has 18 heavy (non-hydrogen) atoms. The van der Waals surface area contributed by atoms with Crippen LogP contribution in [0.2, 0.25) is 5.28 Å². The van der Waals surface area contributed by atoms with E-state index in [9.17, 15) is 14.9 Å². The lowest BCUT2D eigenvalue weighted by Crippen LogP contribution is -2.28. The van der Waals surface area contributed by atoms with E-state index >= 15 is 0 Å². The van der Waals surface area contributed by atoms with Gasteiger partial charge in [-0.3, -0.25) is 10.1 Å². The number of hydrogen-bond acceptors (Lipinski definition) is 6. The summed E-state index contributed by atoms with van der Waals surface area (Å²) in [4.78, 5) is 28.0. The number of aromatic carboxylic acids is 1. The Hall–Kier alpha value is -1.96. The summed E-state index contributed by atoms with van der Waals surface area (Å²) in [5, 5.41) is 22.2. The van der Waals surface area contributed by atoms with E-state index in [0.29, 0.717) is 0 Å². The Morgan fingerprint density at radius 3 is 2.39 bits per heavy atom. The fourth-order valence-electron chi connectivity index (χ4n) is 1.19. The van der Waals surface area contributed by atoms with E-state index in [4.69, 9.17) is 16.7 Å². The molecule has 98 valence electrons. The summed E-state index contributed by atoms with van der Waals surface area (Å²) in [6, 6.07) is 0. The van der Waals surface area contributed by atoms with Crippen molar-refractivity contribution in [3.63, 3.8) is 0 Å². The SMILES string of the molecule is CC(C)(C)Nc1nc(Cl)nc(C(=O)O)c1[N+](=O)[O-]. The molecule has 0 aliphatic carbocycles. The molecule has 9 heteroatoms. The molecule has 1 aromatic rings. The van der Waals surface area contributed by atoms with Crippen molar-refractivity contribution in [3.8, 4) is 0 Å². The minimum atomic E-state index is -1.54. The van der Waals surface area contributed by atoms with Gasteiger partial charge in [0.1, 0.15) is 0 Å². The first-order valence-corrected chi connectivity index (χ1v) is 5.23. The van der Waals surface area contributed by atoms with Gasteiger partial charge in [-0.25, -0.2) is 9.78 Å². The molecule has 8 nitrogen and oxygen atoms in total. The Morgan fingerprint density at radius 2 is 2.00 bits per heavy atom. The molecule has 0 atom stereocenters. The maximum atomic E-state index is 10.9. The van der Waals surface area contributed by atoms with E-state index in [-0.39, 0.29) is 11.1 Å².